The maximum Gasteiger partial charge on any atom is 0.417 e. The molecule has 0 unspecified atom stereocenters. The van der Waals surface area contributed by atoms with E-state index in [4.69, 9.17) is 11.1 Å². The molecule has 0 aliphatic rings. The van der Waals surface area contributed by atoms with Gasteiger partial charge in [0, 0.05) is 24.8 Å². The highest BCUT2D eigenvalue weighted by Crippen LogP contribution is 2.34. The van der Waals surface area contributed by atoms with Gasteiger partial charge in [0.05, 0.1) is 12.0 Å². The third-order valence-corrected chi connectivity index (χ3v) is 2.77. The van der Waals surface area contributed by atoms with E-state index < -0.39 is 42.3 Å². The molecule has 0 saturated heterocycles. The molecule has 0 atom stereocenters. The van der Waals surface area contributed by atoms with Crippen molar-refractivity contribution < 1.29 is 26.3 Å². The van der Waals surface area contributed by atoms with Crippen LogP contribution in [0.25, 0.3) is 0 Å². The lowest BCUT2D eigenvalue weighted by molar-refractivity contribution is -0.137. The Morgan fingerprint density at radius 1 is 1.19 bits per heavy atom. The number of amidine groups is 1. The molecule has 0 radical (unpaired) electrons. The number of nitrogens with one attached hydrogen (secondary N) is 1. The number of alkyl halides is 6. The minimum atomic E-state index is -4.69. The number of rotatable bonds is 4. The quantitative estimate of drug-likeness (QED) is 0.509. The van der Waals surface area contributed by atoms with E-state index in [1.54, 1.807) is 0 Å². The first-order chi connectivity index (χ1) is 9.42. The van der Waals surface area contributed by atoms with E-state index in [1.807, 2.05) is 0 Å². The van der Waals surface area contributed by atoms with Gasteiger partial charge < -0.3 is 10.6 Å². The van der Waals surface area contributed by atoms with Gasteiger partial charge in [-0.05, 0) is 18.2 Å². The SMILES string of the molecule is CN(CCC(F)(F)F)c1ccc(C(F)(F)F)c(C(=N)N)c1. The van der Waals surface area contributed by atoms with Crippen molar-refractivity contribution in [3.8, 4) is 0 Å². The van der Waals surface area contributed by atoms with Crippen LogP contribution in [0, 0.1) is 5.41 Å². The number of anilines is 1. The van der Waals surface area contributed by atoms with Gasteiger partial charge in [-0.3, -0.25) is 5.41 Å². The Labute approximate surface area is 116 Å². The van der Waals surface area contributed by atoms with Crippen molar-refractivity contribution in [2.75, 3.05) is 18.5 Å². The summed E-state index contributed by atoms with van der Waals surface area (Å²) in [7, 11) is 1.32. The third kappa shape index (κ3) is 4.83. The molecule has 0 fully saturated rings. The molecule has 1 rings (SSSR count). The molecule has 0 aliphatic carbocycles. The number of hydrogen-bond acceptors (Lipinski definition) is 2. The van der Waals surface area contributed by atoms with Gasteiger partial charge in [0.1, 0.15) is 5.84 Å². The van der Waals surface area contributed by atoms with Crippen LogP contribution < -0.4 is 10.6 Å². The Morgan fingerprint density at radius 2 is 1.76 bits per heavy atom. The lowest BCUT2D eigenvalue weighted by Gasteiger charge is -2.22. The summed E-state index contributed by atoms with van der Waals surface area (Å²) in [5.41, 5.74) is 3.58. The lowest BCUT2D eigenvalue weighted by Crippen LogP contribution is -2.25. The molecular weight excluding hydrogens is 300 g/mol. The van der Waals surface area contributed by atoms with E-state index in [9.17, 15) is 26.3 Å². The van der Waals surface area contributed by atoms with Crippen LogP contribution >= 0.6 is 0 Å². The van der Waals surface area contributed by atoms with E-state index in [0.29, 0.717) is 6.07 Å². The highest BCUT2D eigenvalue weighted by Gasteiger charge is 2.34. The Morgan fingerprint density at radius 3 is 2.19 bits per heavy atom. The fourth-order valence-electron chi connectivity index (χ4n) is 1.66. The second-order valence-corrected chi connectivity index (χ2v) is 4.43. The van der Waals surface area contributed by atoms with E-state index in [2.05, 4.69) is 0 Å². The minimum Gasteiger partial charge on any atom is -0.384 e. The number of halogens is 6. The first kappa shape index (κ1) is 17.1. The first-order valence-corrected chi connectivity index (χ1v) is 5.75. The summed E-state index contributed by atoms with van der Waals surface area (Å²) in [5.74, 6) is -0.798. The molecule has 3 N–H and O–H groups in total. The predicted molar refractivity (Wildman–Crippen MR) is 66.4 cm³/mol. The Hall–Kier alpha value is -1.93. The molecule has 3 nitrogen and oxygen atoms in total. The molecule has 0 amide bonds. The van der Waals surface area contributed by atoms with E-state index >= 15 is 0 Å². The largest absolute Gasteiger partial charge is 0.417 e. The second-order valence-electron chi connectivity index (χ2n) is 4.43. The zero-order valence-corrected chi connectivity index (χ0v) is 10.9. The zero-order chi connectivity index (χ0) is 16.4. The van der Waals surface area contributed by atoms with Crippen LogP contribution in [0.3, 0.4) is 0 Å². The summed E-state index contributed by atoms with van der Waals surface area (Å²) in [6.07, 6.45) is -10.1. The standard InChI is InChI=1S/C12H13F6N3/c1-21(5-4-11(13,14)15)7-2-3-9(12(16,17)18)8(6-7)10(19)20/h2-3,6H,4-5H2,1H3,(H3,19,20). The molecule has 0 aliphatic heterocycles. The van der Waals surface area contributed by atoms with Crippen LogP contribution in [-0.2, 0) is 6.18 Å². The van der Waals surface area contributed by atoms with Gasteiger partial charge in [-0.2, -0.15) is 26.3 Å². The Balaban J connectivity index is 3.06. The van der Waals surface area contributed by atoms with E-state index in [0.717, 1.165) is 17.0 Å². The summed E-state index contributed by atoms with van der Waals surface area (Å²) < 4.78 is 74.6. The normalized spacial score (nSPS) is 12.3. The molecule has 21 heavy (non-hydrogen) atoms. The number of hydrogen-bond donors (Lipinski definition) is 2. The van der Waals surface area contributed by atoms with E-state index in [-0.39, 0.29) is 5.69 Å². The summed E-state index contributed by atoms with van der Waals surface area (Å²) in [6, 6.07) is 2.71. The van der Waals surface area contributed by atoms with Crippen molar-refractivity contribution in [1.82, 2.24) is 0 Å². The Kier molecular flexibility index (Phi) is 4.75. The van der Waals surface area contributed by atoms with Crippen LogP contribution in [0.15, 0.2) is 18.2 Å². The minimum absolute atomic E-state index is 0.123. The van der Waals surface area contributed by atoms with Gasteiger partial charge in [-0.1, -0.05) is 0 Å². The van der Waals surface area contributed by atoms with Crippen molar-refractivity contribution in [1.29, 1.82) is 5.41 Å². The van der Waals surface area contributed by atoms with Crippen LogP contribution in [0.1, 0.15) is 17.5 Å². The van der Waals surface area contributed by atoms with Crippen molar-refractivity contribution in [3.63, 3.8) is 0 Å². The molecule has 1 aromatic rings. The third-order valence-electron chi connectivity index (χ3n) is 2.77. The Bertz CT molecular complexity index is 521. The van der Waals surface area contributed by atoms with Crippen LogP contribution in [-0.4, -0.2) is 25.6 Å². The highest BCUT2D eigenvalue weighted by molar-refractivity contribution is 5.97. The van der Waals surface area contributed by atoms with Gasteiger partial charge in [0.25, 0.3) is 0 Å². The summed E-state index contributed by atoms with van der Waals surface area (Å²) >= 11 is 0. The molecule has 9 heteroatoms. The smallest absolute Gasteiger partial charge is 0.384 e. The zero-order valence-electron chi connectivity index (χ0n) is 10.9. The number of benzene rings is 1. The van der Waals surface area contributed by atoms with Gasteiger partial charge in [-0.15, -0.1) is 0 Å². The van der Waals surface area contributed by atoms with Crippen LogP contribution in [0.4, 0.5) is 32.0 Å². The monoisotopic (exact) mass is 313 g/mol. The number of nitrogen functional groups attached to an aromatic ring is 1. The summed E-state index contributed by atoms with van der Waals surface area (Å²) in [4.78, 5) is 1.15. The maximum absolute atomic E-state index is 12.7. The molecule has 0 bridgehead atoms. The second kappa shape index (κ2) is 5.82. The van der Waals surface area contributed by atoms with Crippen molar-refractivity contribution >= 4 is 11.5 Å². The van der Waals surface area contributed by atoms with Gasteiger partial charge in [0.15, 0.2) is 0 Å². The van der Waals surface area contributed by atoms with Crippen LogP contribution in [0.2, 0.25) is 0 Å². The van der Waals surface area contributed by atoms with E-state index in [1.165, 1.54) is 7.05 Å². The maximum atomic E-state index is 12.7. The van der Waals surface area contributed by atoms with Gasteiger partial charge >= 0.3 is 12.4 Å². The molecular formula is C12H13F6N3. The van der Waals surface area contributed by atoms with Crippen LogP contribution in [0.5, 0.6) is 0 Å². The molecule has 0 aromatic heterocycles. The fourth-order valence-corrected chi connectivity index (χ4v) is 1.66. The average molecular weight is 313 g/mol. The fraction of sp³-hybridized carbons (Fsp3) is 0.417. The summed E-state index contributed by atoms with van der Waals surface area (Å²) in [5, 5.41) is 7.17. The van der Waals surface area contributed by atoms with Crippen molar-refractivity contribution in [2.45, 2.75) is 18.8 Å². The average Bonchev–Trinajstić information content (AvgIpc) is 2.33. The summed E-state index contributed by atoms with van der Waals surface area (Å²) in [6.45, 7) is -0.411. The predicted octanol–water partition coefficient (Wildman–Crippen LogP) is 3.38. The molecule has 0 heterocycles. The number of nitrogens with zero attached hydrogens (tertiary/aromatic N) is 1. The first-order valence-electron chi connectivity index (χ1n) is 5.75. The number of nitrogens with two attached hydrogens (primary N) is 1. The topological polar surface area (TPSA) is 53.1 Å². The highest BCUT2D eigenvalue weighted by atomic mass is 19.4. The van der Waals surface area contributed by atoms with Gasteiger partial charge in [-0.25, -0.2) is 0 Å². The molecule has 0 spiro atoms. The molecule has 0 saturated carbocycles. The molecule has 1 aromatic carbocycles. The van der Waals surface area contributed by atoms with Crippen molar-refractivity contribution in [2.24, 2.45) is 5.73 Å². The van der Waals surface area contributed by atoms with Crippen molar-refractivity contribution in [3.05, 3.63) is 29.3 Å². The lowest BCUT2D eigenvalue weighted by atomic mass is 10.0. The van der Waals surface area contributed by atoms with Gasteiger partial charge in [0.2, 0.25) is 0 Å². The molecule has 118 valence electrons.